The van der Waals surface area contributed by atoms with E-state index in [1.807, 2.05) is 6.07 Å². The highest BCUT2D eigenvalue weighted by Gasteiger charge is 2.23. The lowest BCUT2D eigenvalue weighted by atomic mass is 9.82. The monoisotopic (exact) mass is 335 g/mol. The second-order valence-electron chi connectivity index (χ2n) is 6.00. The van der Waals surface area contributed by atoms with Gasteiger partial charge in [0.1, 0.15) is 11.2 Å². The van der Waals surface area contributed by atoms with Crippen molar-refractivity contribution in [2.45, 2.75) is 32.6 Å². The first-order chi connectivity index (χ1) is 10.3. The summed E-state index contributed by atoms with van der Waals surface area (Å²) in [6.07, 6.45) is 0.944. The number of benzene rings is 2. The minimum Gasteiger partial charge on any atom is -0.453 e. The van der Waals surface area contributed by atoms with Gasteiger partial charge in [-0.15, -0.1) is 0 Å². The molecule has 0 saturated heterocycles. The zero-order chi connectivity index (χ0) is 16.1. The van der Waals surface area contributed by atoms with Crippen molar-refractivity contribution in [3.05, 3.63) is 50.1 Å². The number of hydrogen-bond donors (Lipinski definition) is 0. The van der Waals surface area contributed by atoms with Crippen molar-refractivity contribution in [3.8, 4) is 11.5 Å². The third kappa shape index (κ3) is 2.49. The molecule has 0 radical (unpaired) electrons. The summed E-state index contributed by atoms with van der Waals surface area (Å²) in [5.74, 6) is 0.421. The summed E-state index contributed by atoms with van der Waals surface area (Å²) < 4.78 is 5.84. The van der Waals surface area contributed by atoms with E-state index < -0.39 is 0 Å². The Morgan fingerprint density at radius 3 is 2.55 bits per heavy atom. The van der Waals surface area contributed by atoms with Crippen LogP contribution in [0.15, 0.2) is 33.5 Å². The van der Waals surface area contributed by atoms with E-state index in [9.17, 15) is 4.79 Å². The predicted octanol–water partition coefficient (Wildman–Crippen LogP) is 5.29. The highest BCUT2D eigenvalue weighted by atomic mass is 35.5. The van der Waals surface area contributed by atoms with Crippen LogP contribution >= 0.6 is 23.2 Å². The van der Waals surface area contributed by atoms with Crippen LogP contribution < -0.4 is 5.43 Å². The van der Waals surface area contributed by atoms with E-state index in [2.05, 4.69) is 25.8 Å². The van der Waals surface area contributed by atoms with E-state index in [1.54, 1.807) is 6.07 Å². The second kappa shape index (κ2) is 5.25. The van der Waals surface area contributed by atoms with Crippen molar-refractivity contribution < 1.29 is 4.42 Å². The van der Waals surface area contributed by atoms with Crippen molar-refractivity contribution in [1.29, 1.82) is 0 Å². The lowest BCUT2D eigenvalue weighted by Gasteiger charge is -2.24. The molecule has 3 nitrogen and oxygen atoms in total. The number of nitrogens with zero attached hydrogens (tertiary/aromatic N) is 1. The molecular formula is C17H15Cl2NO2. The molecule has 3 rings (SSSR count). The van der Waals surface area contributed by atoms with E-state index in [4.69, 9.17) is 27.6 Å². The van der Waals surface area contributed by atoms with Gasteiger partial charge < -0.3 is 4.42 Å². The zero-order valence-electron chi connectivity index (χ0n) is 12.5. The largest absolute Gasteiger partial charge is 0.453 e. The van der Waals surface area contributed by atoms with Gasteiger partial charge in [0.15, 0.2) is 11.3 Å². The highest BCUT2D eigenvalue weighted by Crippen LogP contribution is 2.36. The van der Waals surface area contributed by atoms with Crippen molar-refractivity contribution in [3.63, 3.8) is 0 Å². The first-order valence-electron chi connectivity index (χ1n) is 7.06. The number of halogens is 2. The smallest absolute Gasteiger partial charge is 0.201 e. The van der Waals surface area contributed by atoms with Gasteiger partial charge in [-0.2, -0.15) is 0 Å². The van der Waals surface area contributed by atoms with Gasteiger partial charge in [0, 0.05) is 11.1 Å². The van der Waals surface area contributed by atoms with Crippen LogP contribution in [0.1, 0.15) is 32.8 Å². The third-order valence-corrected chi connectivity index (χ3v) is 4.74. The molecule has 1 aliphatic carbocycles. The van der Waals surface area contributed by atoms with Crippen molar-refractivity contribution >= 4 is 34.3 Å². The first-order valence-corrected chi connectivity index (χ1v) is 7.81. The Balaban J connectivity index is 2.33. The van der Waals surface area contributed by atoms with Crippen LogP contribution in [0.3, 0.4) is 0 Å². The van der Waals surface area contributed by atoms with Gasteiger partial charge in [0.05, 0.1) is 5.02 Å². The molecule has 0 unspecified atom stereocenters. The molecule has 0 spiro atoms. The Kier molecular flexibility index (Phi) is 3.66. The maximum atomic E-state index is 11.7. The summed E-state index contributed by atoms with van der Waals surface area (Å²) in [5, 5.41) is 0.789. The lowest BCUT2D eigenvalue weighted by Crippen LogP contribution is -2.16. The van der Waals surface area contributed by atoms with Crippen LogP contribution in [0.4, 0.5) is 0 Å². The summed E-state index contributed by atoms with van der Waals surface area (Å²) in [6, 6.07) is 6.58. The molecule has 1 aliphatic heterocycles. The number of hydrogen-bond acceptors (Lipinski definition) is 3. The van der Waals surface area contributed by atoms with Gasteiger partial charge in [-0.1, -0.05) is 44.0 Å². The summed E-state index contributed by atoms with van der Waals surface area (Å²) in [4.78, 5) is 16.1. The Bertz CT molecular complexity index is 899. The fraction of sp³-hybridized carbons (Fsp3) is 0.294. The fourth-order valence-electron chi connectivity index (χ4n) is 2.36. The van der Waals surface area contributed by atoms with Crippen LogP contribution in [0.2, 0.25) is 10.0 Å². The minimum atomic E-state index is -0.276. The normalized spacial score (nSPS) is 12.2. The molecule has 0 amide bonds. The summed E-state index contributed by atoms with van der Waals surface area (Å²) in [7, 11) is 0. The van der Waals surface area contributed by atoms with E-state index in [1.165, 1.54) is 12.1 Å². The van der Waals surface area contributed by atoms with Crippen molar-refractivity contribution in [2.75, 3.05) is 0 Å². The van der Waals surface area contributed by atoms with Gasteiger partial charge in [0.2, 0.25) is 5.43 Å². The Labute approximate surface area is 138 Å². The van der Waals surface area contributed by atoms with Crippen LogP contribution in [0.5, 0.6) is 0 Å². The summed E-state index contributed by atoms with van der Waals surface area (Å²) >= 11 is 12.3. The quantitative estimate of drug-likeness (QED) is 0.598. The van der Waals surface area contributed by atoms with Crippen LogP contribution in [-0.2, 0) is 5.41 Å². The molecule has 5 heteroatoms. The van der Waals surface area contributed by atoms with Gasteiger partial charge in [0.25, 0.3) is 0 Å². The molecule has 2 aliphatic rings. The Morgan fingerprint density at radius 1 is 1.14 bits per heavy atom. The average Bonchev–Trinajstić information content (AvgIpc) is 2.46. The molecule has 0 aromatic heterocycles. The van der Waals surface area contributed by atoms with Gasteiger partial charge in [-0.25, -0.2) is 4.98 Å². The topological polar surface area (TPSA) is 43.1 Å². The first kappa shape index (κ1) is 15.3. The maximum Gasteiger partial charge on any atom is 0.201 e. The maximum absolute atomic E-state index is 11.7. The zero-order valence-corrected chi connectivity index (χ0v) is 14.0. The Hall–Kier alpha value is -1.58. The van der Waals surface area contributed by atoms with Crippen LogP contribution in [0.25, 0.3) is 22.6 Å². The second-order valence-corrected chi connectivity index (χ2v) is 6.82. The molecule has 0 saturated carbocycles. The molecule has 0 bridgehead atoms. The number of aromatic nitrogens is 1. The molecule has 0 fully saturated rings. The average molecular weight is 336 g/mol. The van der Waals surface area contributed by atoms with Crippen LogP contribution in [-0.4, -0.2) is 4.98 Å². The number of fused-ring (bicyclic) bond motifs is 2. The molecule has 1 aromatic carbocycles. The molecule has 0 atom stereocenters. The van der Waals surface area contributed by atoms with Crippen molar-refractivity contribution in [2.24, 2.45) is 0 Å². The molecule has 1 heterocycles. The van der Waals surface area contributed by atoms with Crippen LogP contribution in [0, 0.1) is 0 Å². The van der Waals surface area contributed by atoms with Gasteiger partial charge in [-0.05, 0) is 35.6 Å². The number of rotatable bonds is 2. The van der Waals surface area contributed by atoms with Gasteiger partial charge in [-0.3, -0.25) is 4.79 Å². The van der Waals surface area contributed by atoms with E-state index in [0.29, 0.717) is 27.6 Å². The van der Waals surface area contributed by atoms with E-state index >= 15 is 0 Å². The molecule has 0 N–H and O–H groups in total. The SMILES string of the molecule is CCC(C)(C)c1cc2oc3cc(=O)c(Cl)cc-3nc2cc1Cl. The molecule has 1 aromatic rings. The fourth-order valence-corrected chi connectivity index (χ4v) is 2.93. The van der Waals surface area contributed by atoms with Gasteiger partial charge >= 0.3 is 0 Å². The molecule has 22 heavy (non-hydrogen) atoms. The standard InChI is InChI=1S/C17H15Cl2NO2/c1-4-17(2,3)9-5-15-12(6-10(9)18)20-13-7-11(19)14(21)8-16(13)22-15/h5-8H,4H2,1-3H3. The summed E-state index contributed by atoms with van der Waals surface area (Å²) in [6.45, 7) is 6.37. The molecular weight excluding hydrogens is 321 g/mol. The molecule has 114 valence electrons. The Morgan fingerprint density at radius 2 is 1.86 bits per heavy atom. The highest BCUT2D eigenvalue weighted by molar-refractivity contribution is 6.32. The van der Waals surface area contributed by atoms with E-state index in [-0.39, 0.29) is 15.9 Å². The third-order valence-electron chi connectivity index (χ3n) is 4.14. The minimum absolute atomic E-state index is 0.0700. The summed E-state index contributed by atoms with van der Waals surface area (Å²) in [5.41, 5.74) is 2.45. The van der Waals surface area contributed by atoms with Crippen molar-refractivity contribution in [1.82, 2.24) is 4.98 Å². The van der Waals surface area contributed by atoms with E-state index in [0.717, 1.165) is 12.0 Å². The predicted molar refractivity (Wildman–Crippen MR) is 90.2 cm³/mol. The lowest BCUT2D eigenvalue weighted by molar-refractivity contribution is 0.505.